The average Bonchev–Trinajstić information content (AvgIpc) is 2.91. The second-order valence-corrected chi connectivity index (χ2v) is 8.37. The largest absolute Gasteiger partial charge is 0.294 e. The fraction of sp³-hybridized carbons (Fsp3) is 0.750. The van der Waals surface area contributed by atoms with Crippen molar-refractivity contribution in [3.63, 3.8) is 0 Å². The lowest BCUT2D eigenvalue weighted by Crippen LogP contribution is -2.31. The van der Waals surface area contributed by atoms with Gasteiger partial charge in [-0.05, 0) is 66.8 Å². The summed E-state index contributed by atoms with van der Waals surface area (Å²) in [6.07, 6.45) is 6.84. The van der Waals surface area contributed by atoms with E-state index in [1.54, 1.807) is 5.57 Å². The van der Waals surface area contributed by atoms with Crippen LogP contribution in [0, 0.1) is 29.1 Å². The standard InChI is InChI=1S/C20H30O/c1-12(2)15-8-9-20(5)11-17-13(3)6-7-16(17)14(4)19(21)10-18(15)20/h12-13,16-17H,4,6-11H2,1-3,5H3. The van der Waals surface area contributed by atoms with Crippen LogP contribution in [-0.2, 0) is 4.79 Å². The molecule has 0 saturated heterocycles. The normalized spacial score (nSPS) is 40.3. The van der Waals surface area contributed by atoms with Crippen LogP contribution in [0.15, 0.2) is 23.3 Å². The van der Waals surface area contributed by atoms with Gasteiger partial charge in [-0.15, -0.1) is 0 Å². The highest BCUT2D eigenvalue weighted by Crippen LogP contribution is 2.56. The molecule has 2 fully saturated rings. The molecule has 21 heavy (non-hydrogen) atoms. The number of fused-ring (bicyclic) bond motifs is 2. The zero-order valence-corrected chi connectivity index (χ0v) is 14.2. The number of ketones is 1. The van der Waals surface area contributed by atoms with Crippen LogP contribution in [0.25, 0.3) is 0 Å². The van der Waals surface area contributed by atoms with Crippen LogP contribution in [0.4, 0.5) is 0 Å². The molecule has 4 unspecified atom stereocenters. The lowest BCUT2D eigenvalue weighted by Gasteiger charge is -2.38. The summed E-state index contributed by atoms with van der Waals surface area (Å²) in [7, 11) is 0. The maximum atomic E-state index is 12.7. The number of carbonyl (C=O) groups excluding carboxylic acids is 1. The molecule has 0 amide bonds. The molecular weight excluding hydrogens is 256 g/mol. The highest BCUT2D eigenvalue weighted by molar-refractivity contribution is 5.97. The van der Waals surface area contributed by atoms with Crippen LogP contribution in [0.1, 0.15) is 66.2 Å². The first kappa shape index (κ1) is 15.1. The summed E-state index contributed by atoms with van der Waals surface area (Å²) in [6.45, 7) is 13.6. The van der Waals surface area contributed by atoms with Gasteiger partial charge in [-0.3, -0.25) is 4.79 Å². The molecule has 4 atom stereocenters. The van der Waals surface area contributed by atoms with Crippen molar-refractivity contribution in [2.75, 3.05) is 0 Å². The van der Waals surface area contributed by atoms with Crippen molar-refractivity contribution >= 4 is 5.78 Å². The van der Waals surface area contributed by atoms with Crippen molar-refractivity contribution in [3.05, 3.63) is 23.3 Å². The number of carbonyl (C=O) groups is 1. The maximum Gasteiger partial charge on any atom is 0.162 e. The number of rotatable bonds is 1. The Labute approximate surface area is 129 Å². The molecule has 0 spiro atoms. The summed E-state index contributed by atoms with van der Waals surface area (Å²) in [4.78, 5) is 12.7. The molecule has 0 aliphatic heterocycles. The number of allylic oxidation sites excluding steroid dienone is 3. The van der Waals surface area contributed by atoms with E-state index in [0.717, 1.165) is 11.5 Å². The molecule has 0 radical (unpaired) electrons. The predicted octanol–water partition coefficient (Wildman–Crippen LogP) is 5.32. The van der Waals surface area contributed by atoms with E-state index in [0.29, 0.717) is 30.0 Å². The third-order valence-corrected chi connectivity index (χ3v) is 6.77. The molecule has 0 aromatic heterocycles. The van der Waals surface area contributed by atoms with E-state index in [-0.39, 0.29) is 5.41 Å². The number of hydrogen-bond acceptors (Lipinski definition) is 1. The summed E-state index contributed by atoms with van der Waals surface area (Å²) < 4.78 is 0. The summed E-state index contributed by atoms with van der Waals surface area (Å²) >= 11 is 0. The van der Waals surface area contributed by atoms with Gasteiger partial charge in [0.25, 0.3) is 0 Å². The quantitative estimate of drug-likeness (QED) is 0.471. The fourth-order valence-electron chi connectivity index (χ4n) is 5.33. The first-order valence-electron chi connectivity index (χ1n) is 8.78. The zero-order chi connectivity index (χ0) is 15.4. The molecule has 0 N–H and O–H groups in total. The van der Waals surface area contributed by atoms with E-state index >= 15 is 0 Å². The van der Waals surface area contributed by atoms with E-state index < -0.39 is 0 Å². The molecular formula is C20H30O. The van der Waals surface area contributed by atoms with Gasteiger partial charge in [0.2, 0.25) is 0 Å². The van der Waals surface area contributed by atoms with Crippen molar-refractivity contribution in [2.24, 2.45) is 29.1 Å². The monoisotopic (exact) mass is 286 g/mol. The van der Waals surface area contributed by atoms with Gasteiger partial charge in [0.15, 0.2) is 5.78 Å². The predicted molar refractivity (Wildman–Crippen MR) is 88.0 cm³/mol. The Morgan fingerprint density at radius 3 is 2.67 bits per heavy atom. The number of hydrogen-bond donors (Lipinski definition) is 0. The first-order valence-corrected chi connectivity index (χ1v) is 8.78. The smallest absolute Gasteiger partial charge is 0.162 e. The van der Waals surface area contributed by atoms with Gasteiger partial charge in [-0.1, -0.05) is 45.4 Å². The lowest BCUT2D eigenvalue weighted by molar-refractivity contribution is -0.116. The molecule has 3 aliphatic rings. The average molecular weight is 286 g/mol. The third kappa shape index (κ3) is 2.33. The van der Waals surface area contributed by atoms with E-state index in [4.69, 9.17) is 0 Å². The Morgan fingerprint density at radius 1 is 1.29 bits per heavy atom. The van der Waals surface area contributed by atoms with Crippen LogP contribution in [0.5, 0.6) is 0 Å². The molecule has 116 valence electrons. The van der Waals surface area contributed by atoms with Crippen molar-refractivity contribution in [1.29, 1.82) is 0 Å². The molecule has 0 bridgehead atoms. The Hall–Kier alpha value is -0.850. The lowest BCUT2D eigenvalue weighted by atomic mass is 9.66. The van der Waals surface area contributed by atoms with Crippen molar-refractivity contribution in [2.45, 2.75) is 66.2 Å². The van der Waals surface area contributed by atoms with Crippen molar-refractivity contribution < 1.29 is 4.79 Å². The molecule has 3 rings (SSSR count). The summed E-state index contributed by atoms with van der Waals surface area (Å²) in [5, 5.41) is 0. The van der Waals surface area contributed by atoms with Gasteiger partial charge in [0, 0.05) is 6.42 Å². The first-order chi connectivity index (χ1) is 9.83. The molecule has 0 aromatic rings. The number of Topliss-reactive ketones (excluding diaryl/α,β-unsaturated/α-hetero) is 1. The fourth-order valence-corrected chi connectivity index (χ4v) is 5.33. The van der Waals surface area contributed by atoms with E-state index in [9.17, 15) is 4.79 Å². The van der Waals surface area contributed by atoms with Crippen LogP contribution in [0.2, 0.25) is 0 Å². The molecule has 1 nitrogen and oxygen atoms in total. The molecule has 0 heterocycles. The van der Waals surface area contributed by atoms with Crippen molar-refractivity contribution in [1.82, 2.24) is 0 Å². The van der Waals surface area contributed by atoms with Gasteiger partial charge in [0.1, 0.15) is 0 Å². The summed E-state index contributed by atoms with van der Waals surface area (Å²) in [5.41, 5.74) is 4.27. The van der Waals surface area contributed by atoms with Gasteiger partial charge in [-0.25, -0.2) is 0 Å². The second kappa shape index (κ2) is 5.11. The minimum absolute atomic E-state index is 0.275. The van der Waals surface area contributed by atoms with Gasteiger partial charge in [-0.2, -0.15) is 0 Å². The second-order valence-electron chi connectivity index (χ2n) is 8.37. The minimum atomic E-state index is 0.275. The van der Waals surface area contributed by atoms with Crippen LogP contribution in [-0.4, -0.2) is 5.78 Å². The van der Waals surface area contributed by atoms with E-state index in [1.165, 1.54) is 37.7 Å². The SMILES string of the molecule is C=C1C(=O)CC2=C(C(C)C)CCC2(C)CC2C(C)CCC12. The Bertz CT molecular complexity index is 510. The maximum absolute atomic E-state index is 12.7. The van der Waals surface area contributed by atoms with Gasteiger partial charge >= 0.3 is 0 Å². The molecule has 3 aliphatic carbocycles. The van der Waals surface area contributed by atoms with Crippen LogP contribution >= 0.6 is 0 Å². The van der Waals surface area contributed by atoms with Crippen molar-refractivity contribution in [3.8, 4) is 0 Å². The van der Waals surface area contributed by atoms with Gasteiger partial charge in [0.05, 0.1) is 0 Å². The third-order valence-electron chi connectivity index (χ3n) is 6.77. The van der Waals surface area contributed by atoms with E-state index in [1.807, 2.05) is 0 Å². The van der Waals surface area contributed by atoms with Crippen LogP contribution in [0.3, 0.4) is 0 Å². The van der Waals surface area contributed by atoms with E-state index in [2.05, 4.69) is 34.3 Å². The Kier molecular flexibility index (Phi) is 3.66. The summed E-state index contributed by atoms with van der Waals surface area (Å²) in [6, 6.07) is 0. The molecule has 2 saturated carbocycles. The highest BCUT2D eigenvalue weighted by atomic mass is 16.1. The zero-order valence-electron chi connectivity index (χ0n) is 14.2. The molecule has 0 aromatic carbocycles. The topological polar surface area (TPSA) is 17.1 Å². The highest BCUT2D eigenvalue weighted by Gasteiger charge is 2.47. The molecule has 1 heteroatoms. The van der Waals surface area contributed by atoms with Crippen LogP contribution < -0.4 is 0 Å². The summed E-state index contributed by atoms with van der Waals surface area (Å²) in [5.74, 6) is 2.81. The Morgan fingerprint density at radius 2 is 2.00 bits per heavy atom. The minimum Gasteiger partial charge on any atom is -0.294 e. The van der Waals surface area contributed by atoms with Gasteiger partial charge < -0.3 is 0 Å². The Balaban J connectivity index is 2.03.